The molecule has 0 unspecified atom stereocenters. The molecule has 0 amide bonds. The van der Waals surface area contributed by atoms with E-state index < -0.39 is 0 Å². The van der Waals surface area contributed by atoms with Crippen molar-refractivity contribution in [2.75, 3.05) is 24.7 Å². The average Bonchev–Trinajstić information content (AvgIpc) is 2.86. The molecule has 1 aliphatic rings. The van der Waals surface area contributed by atoms with E-state index in [1.807, 2.05) is 17.6 Å². The summed E-state index contributed by atoms with van der Waals surface area (Å²) in [6.07, 6.45) is 8.11. The van der Waals surface area contributed by atoms with Crippen LogP contribution in [0.15, 0.2) is 5.16 Å². The second kappa shape index (κ2) is 6.28. The zero-order chi connectivity index (χ0) is 13.9. The fourth-order valence-electron chi connectivity index (χ4n) is 2.64. The van der Waals surface area contributed by atoms with Crippen LogP contribution in [0.4, 0.5) is 5.82 Å². The van der Waals surface area contributed by atoms with Gasteiger partial charge in [0.1, 0.15) is 5.82 Å². The number of thioether (sulfide) groups is 1. The molecule has 2 aromatic heterocycles. The lowest BCUT2D eigenvalue weighted by atomic mass is 9.98. The van der Waals surface area contributed by atoms with Crippen molar-refractivity contribution < 1.29 is 5.73 Å². The van der Waals surface area contributed by atoms with Crippen LogP contribution in [-0.4, -0.2) is 29.3 Å². The van der Waals surface area contributed by atoms with E-state index in [1.165, 1.54) is 46.3 Å². The van der Waals surface area contributed by atoms with Gasteiger partial charge in [0, 0.05) is 17.8 Å². The van der Waals surface area contributed by atoms with Gasteiger partial charge < -0.3 is 11.1 Å². The number of aryl methyl sites for hydroxylation is 2. The predicted octanol–water partition coefficient (Wildman–Crippen LogP) is 2.34. The van der Waals surface area contributed by atoms with E-state index in [2.05, 4.69) is 16.0 Å². The summed E-state index contributed by atoms with van der Waals surface area (Å²) in [5, 5.41) is 4.35. The van der Waals surface area contributed by atoms with E-state index in [0.29, 0.717) is 0 Å². The van der Waals surface area contributed by atoms with Crippen molar-refractivity contribution in [3.05, 3.63) is 10.4 Å². The van der Waals surface area contributed by atoms with Gasteiger partial charge in [0.05, 0.1) is 16.8 Å². The minimum atomic E-state index is 0.876. The topological polar surface area (TPSA) is 65.5 Å². The second-order valence-corrected chi connectivity index (χ2v) is 6.96. The Morgan fingerprint density at radius 1 is 1.30 bits per heavy atom. The lowest BCUT2D eigenvalue weighted by Gasteiger charge is -2.10. The Morgan fingerprint density at radius 2 is 2.15 bits per heavy atom. The van der Waals surface area contributed by atoms with Gasteiger partial charge in [0.2, 0.25) is 0 Å². The van der Waals surface area contributed by atoms with Crippen LogP contribution in [0.2, 0.25) is 0 Å². The first kappa shape index (κ1) is 14.1. The largest absolute Gasteiger partial charge is 0.369 e. The fraction of sp³-hybridized carbons (Fsp3) is 0.571. The third-order valence-corrected chi connectivity index (χ3v) is 5.51. The quantitative estimate of drug-likeness (QED) is 0.505. The summed E-state index contributed by atoms with van der Waals surface area (Å²) in [6, 6.07) is 0. The molecule has 2 heterocycles. The minimum Gasteiger partial charge on any atom is -0.369 e. The number of fused-ring (bicyclic) bond motifs is 3. The summed E-state index contributed by atoms with van der Waals surface area (Å²) in [6.45, 7) is 1.89. The molecule has 1 aliphatic carbocycles. The van der Waals surface area contributed by atoms with Crippen molar-refractivity contribution in [3.63, 3.8) is 0 Å². The Balaban J connectivity index is 2.05. The van der Waals surface area contributed by atoms with Crippen LogP contribution in [-0.2, 0) is 12.8 Å². The van der Waals surface area contributed by atoms with Gasteiger partial charge in [0.15, 0.2) is 5.16 Å². The summed E-state index contributed by atoms with van der Waals surface area (Å²) in [5.41, 5.74) is 6.57. The summed E-state index contributed by atoms with van der Waals surface area (Å²) < 4.78 is 1.25. The minimum absolute atomic E-state index is 0.876. The lowest BCUT2D eigenvalue weighted by Crippen LogP contribution is -2.50. The normalized spacial score (nSPS) is 14.5. The van der Waals surface area contributed by atoms with E-state index in [0.717, 1.165) is 30.5 Å². The van der Waals surface area contributed by atoms with Crippen LogP contribution >= 0.6 is 23.1 Å². The van der Waals surface area contributed by atoms with Crippen LogP contribution in [0, 0.1) is 0 Å². The number of anilines is 1. The molecule has 6 heteroatoms. The molecule has 108 valence electrons. The number of hydrogen-bond acceptors (Lipinski definition) is 5. The van der Waals surface area contributed by atoms with E-state index in [4.69, 9.17) is 4.98 Å². The molecule has 0 spiro atoms. The first-order valence-corrected chi connectivity index (χ1v) is 9.27. The van der Waals surface area contributed by atoms with Gasteiger partial charge in [0.25, 0.3) is 0 Å². The summed E-state index contributed by atoms with van der Waals surface area (Å²) in [4.78, 5) is 11.0. The highest BCUT2D eigenvalue weighted by Crippen LogP contribution is 2.39. The maximum Gasteiger partial charge on any atom is 0.189 e. The molecule has 0 aromatic carbocycles. The molecule has 3 rings (SSSR count). The number of quaternary nitrogens is 1. The van der Waals surface area contributed by atoms with Gasteiger partial charge in [-0.05, 0) is 37.5 Å². The van der Waals surface area contributed by atoms with Crippen LogP contribution in [0.1, 0.15) is 29.7 Å². The monoisotopic (exact) mass is 309 g/mol. The summed E-state index contributed by atoms with van der Waals surface area (Å²) in [7, 11) is 0. The number of nitrogens with one attached hydrogen (secondary N) is 1. The summed E-state index contributed by atoms with van der Waals surface area (Å²) in [5.74, 6) is 1.02. The Hall–Kier alpha value is -0.850. The van der Waals surface area contributed by atoms with Crippen LogP contribution in [0.5, 0.6) is 0 Å². The van der Waals surface area contributed by atoms with Gasteiger partial charge >= 0.3 is 0 Å². The van der Waals surface area contributed by atoms with Crippen molar-refractivity contribution in [2.45, 2.75) is 37.3 Å². The van der Waals surface area contributed by atoms with Crippen LogP contribution in [0.3, 0.4) is 0 Å². The van der Waals surface area contributed by atoms with Crippen LogP contribution < -0.4 is 11.1 Å². The average molecular weight is 309 g/mol. The fourth-order valence-corrected chi connectivity index (χ4v) is 4.30. The molecule has 0 bridgehead atoms. The highest BCUT2D eigenvalue weighted by atomic mass is 32.2. The smallest absolute Gasteiger partial charge is 0.189 e. The molecular formula is C14H21N4S2+. The van der Waals surface area contributed by atoms with Crippen molar-refractivity contribution in [1.82, 2.24) is 9.97 Å². The Morgan fingerprint density at radius 3 is 2.95 bits per heavy atom. The molecule has 2 aromatic rings. The number of rotatable bonds is 5. The van der Waals surface area contributed by atoms with Gasteiger partial charge in [-0.1, -0.05) is 11.8 Å². The van der Waals surface area contributed by atoms with E-state index >= 15 is 0 Å². The van der Waals surface area contributed by atoms with Crippen molar-refractivity contribution in [2.24, 2.45) is 0 Å². The van der Waals surface area contributed by atoms with Gasteiger partial charge in [-0.15, -0.1) is 11.3 Å². The van der Waals surface area contributed by atoms with E-state index in [1.54, 1.807) is 11.8 Å². The molecule has 4 N–H and O–H groups in total. The van der Waals surface area contributed by atoms with E-state index in [-0.39, 0.29) is 0 Å². The Kier molecular flexibility index (Phi) is 4.43. The SMILES string of the molecule is CSc1nc(NCCC[NH3+])c2sc3c(c2n1)CCCC3. The van der Waals surface area contributed by atoms with Gasteiger partial charge in [-0.3, -0.25) is 0 Å². The summed E-state index contributed by atoms with van der Waals surface area (Å²) >= 11 is 3.51. The molecule has 4 nitrogen and oxygen atoms in total. The number of thiophene rings is 1. The highest BCUT2D eigenvalue weighted by Gasteiger charge is 2.20. The molecule has 0 saturated carbocycles. The second-order valence-electron chi connectivity index (χ2n) is 5.08. The zero-order valence-electron chi connectivity index (χ0n) is 11.9. The third-order valence-electron chi connectivity index (χ3n) is 3.68. The highest BCUT2D eigenvalue weighted by molar-refractivity contribution is 7.98. The first-order valence-electron chi connectivity index (χ1n) is 7.23. The number of aromatic nitrogens is 2. The maximum atomic E-state index is 4.77. The number of nitrogens with zero attached hydrogens (tertiary/aromatic N) is 2. The molecule has 0 fully saturated rings. The lowest BCUT2D eigenvalue weighted by molar-refractivity contribution is -0.367. The standard InChI is InChI=1S/C14H20N4S2/c1-19-14-17-11-9-5-2-3-6-10(9)20-12(11)13(18-14)16-8-4-7-15/h2-8,15H2,1H3,(H,16,17,18)/p+1. The molecule has 0 atom stereocenters. The van der Waals surface area contributed by atoms with Crippen molar-refractivity contribution in [1.29, 1.82) is 0 Å². The molecule has 0 saturated heterocycles. The van der Waals surface area contributed by atoms with Gasteiger partial charge in [-0.2, -0.15) is 0 Å². The van der Waals surface area contributed by atoms with Crippen molar-refractivity contribution >= 4 is 39.1 Å². The number of hydrogen-bond donors (Lipinski definition) is 2. The van der Waals surface area contributed by atoms with E-state index in [9.17, 15) is 0 Å². The first-order chi connectivity index (χ1) is 9.83. The zero-order valence-corrected chi connectivity index (χ0v) is 13.5. The predicted molar refractivity (Wildman–Crippen MR) is 86.7 cm³/mol. The molecule has 0 aliphatic heterocycles. The van der Waals surface area contributed by atoms with Crippen molar-refractivity contribution in [3.8, 4) is 0 Å². The molecular weight excluding hydrogens is 288 g/mol. The Labute approximate surface area is 127 Å². The third kappa shape index (κ3) is 2.64. The van der Waals surface area contributed by atoms with Crippen LogP contribution in [0.25, 0.3) is 10.2 Å². The van der Waals surface area contributed by atoms with Gasteiger partial charge in [-0.25, -0.2) is 9.97 Å². The maximum absolute atomic E-state index is 4.77. The Bertz CT molecular complexity index is 609. The molecule has 20 heavy (non-hydrogen) atoms. The molecule has 0 radical (unpaired) electrons.